The molecule has 2 rings (SSSR count). The van der Waals surface area contributed by atoms with E-state index in [-0.39, 0.29) is 18.0 Å². The third-order valence-corrected chi connectivity index (χ3v) is 2.89. The molecule has 100 valence electrons. The van der Waals surface area contributed by atoms with Crippen LogP contribution in [0.25, 0.3) is 0 Å². The van der Waals surface area contributed by atoms with E-state index in [0.717, 1.165) is 10.2 Å². The van der Waals surface area contributed by atoms with E-state index in [1.54, 1.807) is 6.07 Å². The highest BCUT2D eigenvalue weighted by Gasteiger charge is 2.06. The highest BCUT2D eigenvalue weighted by Crippen LogP contribution is 2.24. The van der Waals surface area contributed by atoms with Crippen molar-refractivity contribution < 1.29 is 13.9 Å². The van der Waals surface area contributed by atoms with Gasteiger partial charge >= 0.3 is 0 Å². The molecule has 0 aromatic heterocycles. The molecule has 0 bridgehead atoms. The Morgan fingerprint density at radius 3 is 2.53 bits per heavy atom. The van der Waals surface area contributed by atoms with Crippen LogP contribution < -0.4 is 15.2 Å². The Morgan fingerprint density at radius 1 is 1.05 bits per heavy atom. The highest BCUT2D eigenvalue weighted by atomic mass is 79.9. The first-order valence-electron chi connectivity index (χ1n) is 5.72. The van der Waals surface area contributed by atoms with E-state index in [1.807, 2.05) is 24.3 Å². The third kappa shape index (κ3) is 3.86. The number of hydrogen-bond acceptors (Lipinski definition) is 3. The Balaban J connectivity index is 1.84. The van der Waals surface area contributed by atoms with Gasteiger partial charge < -0.3 is 15.2 Å². The van der Waals surface area contributed by atoms with Gasteiger partial charge in [0.2, 0.25) is 0 Å². The van der Waals surface area contributed by atoms with Gasteiger partial charge in [-0.05, 0) is 30.3 Å². The van der Waals surface area contributed by atoms with Crippen LogP contribution in [0.2, 0.25) is 0 Å². The smallest absolute Gasteiger partial charge is 0.177 e. The topological polar surface area (TPSA) is 44.5 Å². The van der Waals surface area contributed by atoms with E-state index in [2.05, 4.69) is 15.9 Å². The Hall–Kier alpha value is -1.75. The lowest BCUT2D eigenvalue weighted by Crippen LogP contribution is -2.10. The molecule has 0 saturated carbocycles. The molecule has 3 nitrogen and oxygen atoms in total. The van der Waals surface area contributed by atoms with Crippen LogP contribution in [-0.2, 0) is 0 Å². The molecule has 0 heterocycles. The van der Waals surface area contributed by atoms with Crippen LogP contribution in [0, 0.1) is 5.82 Å². The molecule has 0 radical (unpaired) electrons. The number of hydrogen-bond donors (Lipinski definition) is 1. The van der Waals surface area contributed by atoms with Gasteiger partial charge in [-0.15, -0.1) is 0 Å². The van der Waals surface area contributed by atoms with Crippen molar-refractivity contribution in [2.24, 2.45) is 0 Å². The van der Waals surface area contributed by atoms with Gasteiger partial charge in [-0.1, -0.05) is 28.1 Å². The van der Waals surface area contributed by atoms with E-state index in [4.69, 9.17) is 15.2 Å². The highest BCUT2D eigenvalue weighted by molar-refractivity contribution is 9.10. The number of rotatable bonds is 5. The molecule has 0 amide bonds. The predicted octanol–water partition coefficient (Wildman–Crippen LogP) is 3.63. The fourth-order valence-electron chi connectivity index (χ4n) is 1.54. The summed E-state index contributed by atoms with van der Waals surface area (Å²) in [6.45, 7) is 0.530. The molecule has 2 aromatic rings. The molecule has 0 fully saturated rings. The Kier molecular flexibility index (Phi) is 4.63. The van der Waals surface area contributed by atoms with Crippen LogP contribution in [0.4, 0.5) is 10.1 Å². The van der Waals surface area contributed by atoms with Crippen LogP contribution in [0.15, 0.2) is 46.9 Å². The second-order valence-corrected chi connectivity index (χ2v) is 4.73. The van der Waals surface area contributed by atoms with Crippen molar-refractivity contribution in [2.45, 2.75) is 0 Å². The molecule has 5 heteroatoms. The Bertz CT molecular complexity index is 543. The van der Waals surface area contributed by atoms with Crippen LogP contribution in [0.1, 0.15) is 0 Å². The SMILES string of the molecule is Nc1cccc(F)c1OCCOc1cccc(Br)c1. The summed E-state index contributed by atoms with van der Waals surface area (Å²) in [7, 11) is 0. The number of halogens is 2. The molecular formula is C14H13BrFNO2. The number of benzene rings is 2. The second kappa shape index (κ2) is 6.43. The average molecular weight is 326 g/mol. The van der Waals surface area contributed by atoms with Gasteiger partial charge in [0, 0.05) is 4.47 Å². The lowest BCUT2D eigenvalue weighted by Gasteiger charge is -2.10. The van der Waals surface area contributed by atoms with Gasteiger partial charge in [0.05, 0.1) is 5.69 Å². The lowest BCUT2D eigenvalue weighted by molar-refractivity contribution is 0.212. The van der Waals surface area contributed by atoms with Crippen molar-refractivity contribution >= 4 is 21.6 Å². The summed E-state index contributed by atoms with van der Waals surface area (Å²) in [5, 5.41) is 0. The van der Waals surface area contributed by atoms with Gasteiger partial charge in [-0.25, -0.2) is 4.39 Å². The first-order chi connectivity index (χ1) is 9.16. The fraction of sp³-hybridized carbons (Fsp3) is 0.143. The van der Waals surface area contributed by atoms with Crippen molar-refractivity contribution in [2.75, 3.05) is 18.9 Å². The van der Waals surface area contributed by atoms with Crippen molar-refractivity contribution in [3.63, 3.8) is 0 Å². The largest absolute Gasteiger partial charge is 0.490 e. The number of para-hydroxylation sites is 1. The zero-order valence-corrected chi connectivity index (χ0v) is 11.7. The minimum atomic E-state index is -0.470. The first-order valence-corrected chi connectivity index (χ1v) is 6.51. The number of nitrogen functional groups attached to an aromatic ring is 1. The lowest BCUT2D eigenvalue weighted by atomic mass is 10.3. The maximum absolute atomic E-state index is 13.4. The van der Waals surface area contributed by atoms with E-state index < -0.39 is 5.82 Å². The van der Waals surface area contributed by atoms with Gasteiger partial charge in [-0.2, -0.15) is 0 Å². The predicted molar refractivity (Wildman–Crippen MR) is 75.9 cm³/mol. The molecule has 0 spiro atoms. The van der Waals surface area contributed by atoms with Crippen molar-refractivity contribution in [1.82, 2.24) is 0 Å². The van der Waals surface area contributed by atoms with Gasteiger partial charge in [0.25, 0.3) is 0 Å². The summed E-state index contributed by atoms with van der Waals surface area (Å²) in [4.78, 5) is 0. The van der Waals surface area contributed by atoms with E-state index in [1.165, 1.54) is 12.1 Å². The molecule has 0 saturated heterocycles. The summed E-state index contributed by atoms with van der Waals surface area (Å²) in [5.41, 5.74) is 5.90. The molecule has 0 aliphatic carbocycles. The molecule has 2 aromatic carbocycles. The molecule has 0 aliphatic rings. The number of nitrogens with two attached hydrogens (primary N) is 1. The van der Waals surface area contributed by atoms with Crippen molar-refractivity contribution in [3.05, 3.63) is 52.8 Å². The molecule has 0 atom stereocenters. The van der Waals surface area contributed by atoms with Crippen molar-refractivity contribution in [3.8, 4) is 11.5 Å². The van der Waals surface area contributed by atoms with Gasteiger partial charge in [0.15, 0.2) is 11.6 Å². The minimum absolute atomic E-state index is 0.0698. The number of anilines is 1. The van der Waals surface area contributed by atoms with Crippen LogP contribution in [0.3, 0.4) is 0 Å². The first kappa shape index (κ1) is 13.7. The normalized spacial score (nSPS) is 10.2. The van der Waals surface area contributed by atoms with Crippen molar-refractivity contribution in [1.29, 1.82) is 0 Å². The minimum Gasteiger partial charge on any atom is -0.490 e. The van der Waals surface area contributed by atoms with Crippen LogP contribution in [0.5, 0.6) is 11.5 Å². The Morgan fingerprint density at radius 2 is 1.79 bits per heavy atom. The quantitative estimate of drug-likeness (QED) is 0.674. The third-order valence-electron chi connectivity index (χ3n) is 2.39. The molecule has 2 N–H and O–H groups in total. The summed E-state index contributed by atoms with van der Waals surface area (Å²) < 4.78 is 25.1. The summed E-state index contributed by atoms with van der Waals surface area (Å²) >= 11 is 3.35. The van der Waals surface area contributed by atoms with Crippen LogP contribution in [-0.4, -0.2) is 13.2 Å². The van der Waals surface area contributed by atoms with E-state index in [0.29, 0.717) is 6.61 Å². The molecule has 0 unspecified atom stereocenters. The summed E-state index contributed by atoms with van der Waals surface area (Å²) in [6, 6.07) is 11.9. The summed E-state index contributed by atoms with van der Waals surface area (Å²) in [5.74, 6) is 0.322. The maximum atomic E-state index is 13.4. The standard InChI is InChI=1S/C14H13BrFNO2/c15-10-3-1-4-11(9-10)18-7-8-19-14-12(16)5-2-6-13(14)17/h1-6,9H,7-8,17H2. The zero-order chi connectivity index (χ0) is 13.7. The molecule has 19 heavy (non-hydrogen) atoms. The molecule has 0 aliphatic heterocycles. The second-order valence-electron chi connectivity index (χ2n) is 3.81. The van der Waals surface area contributed by atoms with Gasteiger partial charge in [0.1, 0.15) is 19.0 Å². The van der Waals surface area contributed by atoms with E-state index in [9.17, 15) is 4.39 Å². The monoisotopic (exact) mass is 325 g/mol. The van der Waals surface area contributed by atoms with Crippen LogP contribution >= 0.6 is 15.9 Å². The number of ether oxygens (including phenoxy) is 2. The zero-order valence-electron chi connectivity index (χ0n) is 10.1. The average Bonchev–Trinajstić information content (AvgIpc) is 2.37. The fourth-order valence-corrected chi connectivity index (χ4v) is 1.92. The summed E-state index contributed by atoms with van der Waals surface area (Å²) in [6.07, 6.45) is 0. The van der Waals surface area contributed by atoms with Gasteiger partial charge in [-0.3, -0.25) is 0 Å². The Labute approximate surface area is 119 Å². The maximum Gasteiger partial charge on any atom is 0.177 e. The van der Waals surface area contributed by atoms with E-state index >= 15 is 0 Å². The molecular weight excluding hydrogens is 313 g/mol.